The number of amides is 1. The van der Waals surface area contributed by atoms with E-state index in [2.05, 4.69) is 9.97 Å². The van der Waals surface area contributed by atoms with E-state index in [9.17, 15) is 4.79 Å². The minimum atomic E-state index is -0.659. The van der Waals surface area contributed by atoms with Crippen LogP contribution in [0.2, 0.25) is 0 Å². The number of piperazine rings is 1. The smallest absolute Gasteiger partial charge is 0.228 e. The first-order valence-corrected chi connectivity index (χ1v) is 11.0. The zero-order chi connectivity index (χ0) is 22.8. The summed E-state index contributed by atoms with van der Waals surface area (Å²) in [5.74, 6) is -0.0234. The lowest BCUT2D eigenvalue weighted by Gasteiger charge is -2.35. The molecule has 1 amide bonds. The molecule has 3 aromatic rings. The highest BCUT2D eigenvalue weighted by molar-refractivity contribution is 7.10. The predicted molar refractivity (Wildman–Crippen MR) is 129 cm³/mol. The topological polar surface area (TPSA) is 120 Å². The second-order valence-electron chi connectivity index (χ2n) is 7.42. The van der Waals surface area contributed by atoms with Gasteiger partial charge in [0.2, 0.25) is 11.9 Å². The summed E-state index contributed by atoms with van der Waals surface area (Å²) in [4.78, 5) is 26.1. The number of rotatable bonds is 6. The molecule has 12 heteroatoms. The van der Waals surface area contributed by atoms with Crippen LogP contribution >= 0.6 is 23.7 Å². The molecule has 0 bridgehead atoms. The Balaban J connectivity index is 0.00000306. The average Bonchev–Trinajstić information content (AvgIpc) is 3.34. The van der Waals surface area contributed by atoms with E-state index >= 15 is 4.39 Å². The van der Waals surface area contributed by atoms with Crippen LogP contribution in [0.4, 0.5) is 16.2 Å². The molecule has 1 aromatic carbocycles. The highest BCUT2D eigenvalue weighted by Crippen LogP contribution is 2.37. The molecule has 0 spiro atoms. The molecule has 1 saturated heterocycles. The molecule has 33 heavy (non-hydrogen) atoms. The zero-order valence-corrected chi connectivity index (χ0v) is 19.9. The quantitative estimate of drug-likeness (QED) is 0.534. The van der Waals surface area contributed by atoms with Crippen LogP contribution < -0.4 is 25.8 Å². The Morgan fingerprint density at radius 2 is 1.97 bits per heavy atom. The second kappa shape index (κ2) is 10.4. The summed E-state index contributed by atoms with van der Waals surface area (Å²) >= 11 is 1.55. The number of methoxy groups -OCH3 is 2. The lowest BCUT2D eigenvalue weighted by atomic mass is 10.1. The maximum Gasteiger partial charge on any atom is 0.228 e. The van der Waals surface area contributed by atoms with E-state index in [1.165, 1.54) is 14.2 Å². The van der Waals surface area contributed by atoms with Crippen LogP contribution in [0.25, 0.3) is 10.9 Å². The largest absolute Gasteiger partial charge is 0.493 e. The third-order valence-electron chi connectivity index (χ3n) is 5.51. The molecule has 0 aliphatic carbocycles. The number of halogens is 2. The van der Waals surface area contributed by atoms with E-state index in [1.54, 1.807) is 22.3 Å². The van der Waals surface area contributed by atoms with Gasteiger partial charge in [-0.05, 0) is 17.5 Å². The molecule has 1 unspecified atom stereocenters. The summed E-state index contributed by atoms with van der Waals surface area (Å²) < 4.78 is 25.3. The number of carbonyl (C=O) groups is 1. The van der Waals surface area contributed by atoms with Crippen molar-refractivity contribution < 1.29 is 18.7 Å². The summed E-state index contributed by atoms with van der Waals surface area (Å²) in [7, 11) is 2.78. The molecule has 4 N–H and O–H groups in total. The van der Waals surface area contributed by atoms with E-state index in [0.717, 1.165) is 4.88 Å². The minimum absolute atomic E-state index is 0. The Kier molecular flexibility index (Phi) is 7.77. The lowest BCUT2D eigenvalue weighted by molar-refractivity contribution is -0.131. The number of hydrogen-bond acceptors (Lipinski definition) is 9. The van der Waals surface area contributed by atoms with Gasteiger partial charge in [-0.25, -0.2) is 9.37 Å². The van der Waals surface area contributed by atoms with E-state index in [0.29, 0.717) is 37.5 Å². The molecule has 178 valence electrons. The van der Waals surface area contributed by atoms with Crippen molar-refractivity contribution in [1.82, 2.24) is 14.9 Å². The van der Waals surface area contributed by atoms with Crippen molar-refractivity contribution in [2.75, 3.05) is 51.0 Å². The molecule has 3 heterocycles. The van der Waals surface area contributed by atoms with Gasteiger partial charge in [-0.3, -0.25) is 4.79 Å². The molecule has 1 fully saturated rings. The molecule has 0 radical (unpaired) electrons. The van der Waals surface area contributed by atoms with Crippen molar-refractivity contribution >= 4 is 52.3 Å². The molecule has 1 aliphatic heterocycles. The summed E-state index contributed by atoms with van der Waals surface area (Å²) in [5.41, 5.74) is 12.3. The van der Waals surface area contributed by atoms with Gasteiger partial charge < -0.3 is 30.7 Å². The average molecular weight is 497 g/mol. The first-order chi connectivity index (χ1) is 15.4. The van der Waals surface area contributed by atoms with Crippen LogP contribution in [0.3, 0.4) is 0 Å². The van der Waals surface area contributed by atoms with Crippen molar-refractivity contribution in [2.45, 2.75) is 12.5 Å². The summed E-state index contributed by atoms with van der Waals surface area (Å²) in [6, 6.07) is 5.11. The standard InChI is InChI=1S/C21H25FN6O3S.ClH/c1-30-14-10-12-18(17(22)19(14)31-2)25-21(26-20(12)24)28-7-5-27(6-8-28)16(29)11-13(23)15-4-3-9-32-15;/h3-4,9-10,13H,5-8,11,23H2,1-2H3,(H2,24,25,26);1H. The van der Waals surface area contributed by atoms with E-state index in [4.69, 9.17) is 20.9 Å². The Bertz CT molecular complexity index is 1130. The van der Waals surface area contributed by atoms with Gasteiger partial charge in [-0.15, -0.1) is 23.7 Å². The number of aromatic nitrogens is 2. The van der Waals surface area contributed by atoms with Crippen molar-refractivity contribution in [3.63, 3.8) is 0 Å². The Labute approximate surface area is 200 Å². The highest BCUT2D eigenvalue weighted by atomic mass is 35.5. The number of ether oxygens (including phenoxy) is 2. The maximum absolute atomic E-state index is 15.0. The van der Waals surface area contributed by atoms with Crippen molar-refractivity contribution in [3.05, 3.63) is 34.3 Å². The van der Waals surface area contributed by atoms with Crippen LogP contribution in [-0.4, -0.2) is 61.2 Å². The minimum Gasteiger partial charge on any atom is -0.493 e. The lowest BCUT2D eigenvalue weighted by Crippen LogP contribution is -2.49. The number of thiophene rings is 1. The van der Waals surface area contributed by atoms with Gasteiger partial charge in [0.05, 0.1) is 14.2 Å². The number of hydrogen-bond donors (Lipinski definition) is 2. The zero-order valence-electron chi connectivity index (χ0n) is 18.3. The third-order valence-corrected chi connectivity index (χ3v) is 6.52. The molecule has 1 atom stereocenters. The molecular weight excluding hydrogens is 471 g/mol. The number of fused-ring (bicyclic) bond motifs is 1. The molecule has 4 rings (SSSR count). The van der Waals surface area contributed by atoms with Crippen molar-refractivity contribution in [2.24, 2.45) is 5.73 Å². The van der Waals surface area contributed by atoms with Gasteiger partial charge in [-0.2, -0.15) is 4.98 Å². The molecule has 0 saturated carbocycles. The SMILES string of the molecule is COc1cc2c(N)nc(N3CCN(C(=O)CC(N)c4cccs4)CC3)nc2c(F)c1OC.Cl. The summed E-state index contributed by atoms with van der Waals surface area (Å²) in [6.45, 7) is 1.98. The van der Waals surface area contributed by atoms with Gasteiger partial charge in [0, 0.05) is 48.9 Å². The van der Waals surface area contributed by atoms with Gasteiger partial charge in [0.25, 0.3) is 0 Å². The van der Waals surface area contributed by atoms with Crippen LogP contribution in [0.1, 0.15) is 17.3 Å². The second-order valence-corrected chi connectivity index (χ2v) is 8.40. The fourth-order valence-corrected chi connectivity index (χ4v) is 4.49. The number of nitrogens with two attached hydrogens (primary N) is 2. The third kappa shape index (κ3) is 4.90. The number of carbonyl (C=O) groups excluding carboxylic acids is 1. The van der Waals surface area contributed by atoms with Gasteiger partial charge in [-0.1, -0.05) is 6.07 Å². The van der Waals surface area contributed by atoms with E-state index in [1.807, 2.05) is 22.4 Å². The van der Waals surface area contributed by atoms with Gasteiger partial charge in [0.15, 0.2) is 17.3 Å². The Hall–Kier alpha value is -2.89. The highest BCUT2D eigenvalue weighted by Gasteiger charge is 2.26. The van der Waals surface area contributed by atoms with Gasteiger partial charge in [0.1, 0.15) is 11.3 Å². The van der Waals surface area contributed by atoms with E-state index < -0.39 is 5.82 Å². The van der Waals surface area contributed by atoms with Crippen LogP contribution in [-0.2, 0) is 4.79 Å². The normalized spacial score (nSPS) is 14.7. The first-order valence-electron chi connectivity index (χ1n) is 10.1. The first kappa shape index (κ1) is 24.7. The summed E-state index contributed by atoms with van der Waals surface area (Å²) in [5, 5.41) is 2.29. The summed E-state index contributed by atoms with van der Waals surface area (Å²) in [6.07, 6.45) is 0.257. The predicted octanol–water partition coefficient (Wildman–Crippen LogP) is 2.59. The van der Waals surface area contributed by atoms with Crippen LogP contribution in [0.15, 0.2) is 23.6 Å². The Morgan fingerprint density at radius 1 is 1.24 bits per heavy atom. The monoisotopic (exact) mass is 496 g/mol. The number of nitrogen functional groups attached to an aromatic ring is 1. The number of anilines is 2. The van der Waals surface area contributed by atoms with Gasteiger partial charge >= 0.3 is 0 Å². The van der Waals surface area contributed by atoms with Crippen molar-refractivity contribution in [1.29, 1.82) is 0 Å². The molecular formula is C21H26ClFN6O3S. The fraction of sp³-hybridized carbons (Fsp3) is 0.381. The van der Waals surface area contributed by atoms with Crippen LogP contribution in [0.5, 0.6) is 11.5 Å². The van der Waals surface area contributed by atoms with Crippen LogP contribution in [0, 0.1) is 5.82 Å². The molecule has 2 aromatic heterocycles. The van der Waals surface area contributed by atoms with Crippen molar-refractivity contribution in [3.8, 4) is 11.5 Å². The maximum atomic E-state index is 15.0. The fourth-order valence-electron chi connectivity index (χ4n) is 3.76. The number of nitrogens with zero attached hydrogens (tertiary/aromatic N) is 4. The number of benzene rings is 1. The molecule has 1 aliphatic rings. The van der Waals surface area contributed by atoms with E-state index in [-0.39, 0.29) is 53.6 Å². The molecule has 9 nitrogen and oxygen atoms in total. The Morgan fingerprint density at radius 3 is 2.58 bits per heavy atom.